The molecule has 1 heterocycles. The first-order valence-electron chi connectivity index (χ1n) is 5.44. The summed E-state index contributed by atoms with van der Waals surface area (Å²) in [5, 5.41) is 0.0227. The van der Waals surface area contributed by atoms with Crippen molar-refractivity contribution in [2.75, 3.05) is 18.9 Å². The molecule has 0 unspecified atom stereocenters. The van der Waals surface area contributed by atoms with Crippen molar-refractivity contribution in [1.82, 2.24) is 4.47 Å². The minimum Gasteiger partial charge on any atom is -0.395 e. The third kappa shape index (κ3) is 2.73. The third-order valence-electron chi connectivity index (χ3n) is 2.67. The number of benzene rings is 1. The van der Waals surface area contributed by atoms with Crippen LogP contribution in [0.2, 0.25) is 5.02 Å². The number of hydrogen-bond acceptors (Lipinski definition) is 4. The largest absolute Gasteiger partial charge is 0.395 e. The van der Waals surface area contributed by atoms with Gasteiger partial charge in [0.25, 0.3) is 10.0 Å². The molecule has 0 saturated carbocycles. The van der Waals surface area contributed by atoms with Gasteiger partial charge in [0, 0.05) is 6.54 Å². The zero-order chi connectivity index (χ0) is 14.2. The van der Waals surface area contributed by atoms with Crippen molar-refractivity contribution in [1.29, 1.82) is 0 Å². The lowest BCUT2D eigenvalue weighted by molar-refractivity contribution is -0.109. The van der Waals surface area contributed by atoms with Crippen molar-refractivity contribution in [3.63, 3.8) is 0 Å². The van der Waals surface area contributed by atoms with Crippen molar-refractivity contribution in [2.45, 2.75) is 17.7 Å². The number of hydroxylamine groups is 1. The molecule has 9 heteroatoms. The molecular weight excluding hydrogens is 363 g/mol. The van der Waals surface area contributed by atoms with Crippen LogP contribution in [0.15, 0.2) is 15.4 Å². The topological polar surface area (TPSA) is 72.6 Å². The number of sulfonamides is 1. The molecular formula is C10H11BrClFN2O3S. The Morgan fingerprint density at radius 3 is 2.74 bits per heavy atom. The Labute approximate surface area is 123 Å². The molecule has 0 spiro atoms. The highest BCUT2D eigenvalue weighted by molar-refractivity contribution is 9.10. The highest BCUT2D eigenvalue weighted by atomic mass is 79.9. The lowest BCUT2D eigenvalue weighted by atomic mass is 10.3. The first-order chi connectivity index (χ1) is 8.85. The lowest BCUT2D eigenvalue weighted by Crippen LogP contribution is -2.36. The van der Waals surface area contributed by atoms with Crippen LogP contribution in [0.5, 0.6) is 0 Å². The van der Waals surface area contributed by atoms with E-state index < -0.39 is 20.7 Å². The fourth-order valence-electron chi connectivity index (χ4n) is 1.66. The monoisotopic (exact) mass is 372 g/mol. The molecule has 0 aromatic heterocycles. The average molecular weight is 374 g/mol. The van der Waals surface area contributed by atoms with E-state index in [4.69, 9.17) is 22.2 Å². The van der Waals surface area contributed by atoms with E-state index in [2.05, 4.69) is 15.9 Å². The van der Waals surface area contributed by atoms with Crippen LogP contribution in [0.3, 0.4) is 0 Å². The number of hydrogen-bond donors (Lipinski definition) is 1. The van der Waals surface area contributed by atoms with Gasteiger partial charge < -0.3 is 5.73 Å². The van der Waals surface area contributed by atoms with E-state index in [-0.39, 0.29) is 28.3 Å². The molecule has 1 aromatic carbocycles. The minimum atomic E-state index is -4.10. The second kappa shape index (κ2) is 5.53. The second-order valence-corrected chi connectivity index (χ2v) is 6.97. The first kappa shape index (κ1) is 15.0. The molecule has 1 aliphatic heterocycles. The summed E-state index contributed by atoms with van der Waals surface area (Å²) in [4.78, 5) is 4.46. The number of rotatable bonds is 2. The smallest absolute Gasteiger partial charge is 0.268 e. The predicted molar refractivity (Wildman–Crippen MR) is 72.6 cm³/mol. The zero-order valence-corrected chi connectivity index (χ0v) is 12.9. The molecule has 0 amide bonds. The highest BCUT2D eigenvalue weighted by Gasteiger charge is 2.32. The van der Waals surface area contributed by atoms with Crippen molar-refractivity contribution < 1.29 is 17.6 Å². The SMILES string of the molecule is Nc1c(F)c(S(=O)(=O)N2CCCCO2)cc(Cl)c1Br. The van der Waals surface area contributed by atoms with Gasteiger partial charge >= 0.3 is 0 Å². The number of anilines is 1. The van der Waals surface area contributed by atoms with Crippen LogP contribution in [-0.2, 0) is 14.9 Å². The van der Waals surface area contributed by atoms with E-state index in [1.807, 2.05) is 0 Å². The van der Waals surface area contributed by atoms with Gasteiger partial charge in [-0.15, -0.1) is 0 Å². The Hall–Kier alpha value is -0.410. The molecule has 0 radical (unpaired) electrons. The molecule has 1 aromatic rings. The maximum Gasteiger partial charge on any atom is 0.268 e. The predicted octanol–water partition coefficient (Wildman–Crippen LogP) is 2.54. The first-order valence-corrected chi connectivity index (χ1v) is 8.05. The van der Waals surface area contributed by atoms with Crippen molar-refractivity contribution in [3.8, 4) is 0 Å². The summed E-state index contributed by atoms with van der Waals surface area (Å²) in [6.07, 6.45) is 1.42. The van der Waals surface area contributed by atoms with E-state index in [0.29, 0.717) is 6.42 Å². The number of nitrogens with zero attached hydrogens (tertiary/aromatic N) is 1. The molecule has 5 nitrogen and oxygen atoms in total. The normalized spacial score (nSPS) is 17.6. The summed E-state index contributed by atoms with van der Waals surface area (Å²) >= 11 is 8.81. The molecule has 0 atom stereocenters. The number of nitrogens with two attached hydrogens (primary N) is 1. The second-order valence-electron chi connectivity index (χ2n) is 3.97. The van der Waals surface area contributed by atoms with Gasteiger partial charge in [-0.3, -0.25) is 4.84 Å². The lowest BCUT2D eigenvalue weighted by Gasteiger charge is -2.25. The van der Waals surface area contributed by atoms with E-state index in [1.165, 1.54) is 0 Å². The van der Waals surface area contributed by atoms with Gasteiger partial charge in [0.1, 0.15) is 4.90 Å². The van der Waals surface area contributed by atoms with Crippen molar-refractivity contribution >= 4 is 43.2 Å². The van der Waals surface area contributed by atoms with Crippen LogP contribution >= 0.6 is 27.5 Å². The van der Waals surface area contributed by atoms with Crippen molar-refractivity contribution in [2.24, 2.45) is 0 Å². The quantitative estimate of drug-likeness (QED) is 0.639. The minimum absolute atomic E-state index is 0.0227. The third-order valence-corrected chi connectivity index (χ3v) is 5.73. The van der Waals surface area contributed by atoms with Gasteiger partial charge in [-0.25, -0.2) is 12.8 Å². The number of halogens is 3. The molecule has 2 rings (SSSR count). The molecule has 2 N–H and O–H groups in total. The van der Waals surface area contributed by atoms with E-state index in [1.54, 1.807) is 0 Å². The van der Waals surface area contributed by atoms with Gasteiger partial charge in [-0.2, -0.15) is 0 Å². The summed E-state index contributed by atoms with van der Waals surface area (Å²) < 4.78 is 39.4. The van der Waals surface area contributed by atoms with E-state index >= 15 is 0 Å². The Morgan fingerprint density at radius 2 is 2.16 bits per heavy atom. The standard InChI is InChI=1S/C10H11BrClFN2O3S/c11-8-6(12)5-7(9(13)10(8)14)19(16,17)15-3-1-2-4-18-15/h5H,1-4,14H2. The van der Waals surface area contributed by atoms with Crippen LogP contribution in [0, 0.1) is 5.82 Å². The zero-order valence-electron chi connectivity index (χ0n) is 9.70. The molecule has 106 valence electrons. The van der Waals surface area contributed by atoms with Gasteiger partial charge in [0.05, 0.1) is 21.8 Å². The summed E-state index contributed by atoms with van der Waals surface area (Å²) in [5.74, 6) is -1.04. The van der Waals surface area contributed by atoms with Gasteiger partial charge in [0.2, 0.25) is 0 Å². The van der Waals surface area contributed by atoms with E-state index in [0.717, 1.165) is 17.0 Å². The summed E-state index contributed by atoms with van der Waals surface area (Å²) in [7, 11) is -4.10. The summed E-state index contributed by atoms with van der Waals surface area (Å²) in [6.45, 7) is 0.454. The maximum atomic E-state index is 14.0. The maximum absolute atomic E-state index is 14.0. The molecule has 0 bridgehead atoms. The van der Waals surface area contributed by atoms with Gasteiger partial charge in [-0.1, -0.05) is 16.1 Å². The summed E-state index contributed by atoms with van der Waals surface area (Å²) in [6, 6.07) is 1.02. The van der Waals surface area contributed by atoms with Crippen molar-refractivity contribution in [3.05, 3.63) is 21.4 Å². The van der Waals surface area contributed by atoms with Gasteiger partial charge in [0.15, 0.2) is 5.82 Å². The van der Waals surface area contributed by atoms with Gasteiger partial charge in [-0.05, 0) is 34.8 Å². The van der Waals surface area contributed by atoms with Crippen LogP contribution in [0.1, 0.15) is 12.8 Å². The fraction of sp³-hybridized carbons (Fsp3) is 0.400. The highest BCUT2D eigenvalue weighted by Crippen LogP contribution is 2.36. The molecule has 1 aliphatic rings. The fourth-order valence-corrected chi connectivity index (χ4v) is 3.63. The molecule has 19 heavy (non-hydrogen) atoms. The van der Waals surface area contributed by atoms with Crippen LogP contribution in [0.4, 0.5) is 10.1 Å². The summed E-state index contributed by atoms with van der Waals surface area (Å²) in [5.41, 5.74) is 5.14. The Balaban J connectivity index is 2.51. The van der Waals surface area contributed by atoms with Crippen LogP contribution < -0.4 is 5.73 Å². The average Bonchev–Trinajstić information content (AvgIpc) is 2.41. The molecule has 1 saturated heterocycles. The van der Waals surface area contributed by atoms with Crippen LogP contribution in [0.25, 0.3) is 0 Å². The Bertz CT molecular complexity index is 605. The van der Waals surface area contributed by atoms with Crippen LogP contribution in [-0.4, -0.2) is 26.0 Å². The Kier molecular flexibility index (Phi) is 4.36. The molecule has 0 aliphatic carbocycles. The van der Waals surface area contributed by atoms with E-state index in [9.17, 15) is 12.8 Å². The molecule has 1 fully saturated rings. The Morgan fingerprint density at radius 1 is 1.47 bits per heavy atom. The number of nitrogen functional groups attached to an aromatic ring is 1.